The molecule has 1 unspecified atom stereocenters. The van der Waals surface area contributed by atoms with Gasteiger partial charge < -0.3 is 15.1 Å². The van der Waals surface area contributed by atoms with Crippen molar-refractivity contribution in [2.75, 3.05) is 36.4 Å². The largest absolute Gasteiger partial charge is 0.362 e. The summed E-state index contributed by atoms with van der Waals surface area (Å²) in [4.78, 5) is 30.1. The number of carbonyl (C=O) groups excluding carboxylic acids is 1. The lowest BCUT2D eigenvalue weighted by atomic mass is 10.1. The molecule has 0 aliphatic carbocycles. The van der Waals surface area contributed by atoms with E-state index in [-0.39, 0.29) is 23.7 Å². The second-order valence-corrected chi connectivity index (χ2v) is 9.55. The summed E-state index contributed by atoms with van der Waals surface area (Å²) >= 11 is 0. The van der Waals surface area contributed by atoms with Crippen LogP contribution in [-0.4, -0.2) is 61.7 Å². The first kappa shape index (κ1) is 24.4. The fraction of sp³-hybridized carbons (Fsp3) is 0.407. The minimum atomic E-state index is -0.108. The van der Waals surface area contributed by atoms with Crippen LogP contribution in [-0.2, 0) is 4.79 Å². The van der Waals surface area contributed by atoms with Gasteiger partial charge in [-0.25, -0.2) is 4.98 Å². The fourth-order valence-electron chi connectivity index (χ4n) is 4.67. The number of aromatic nitrogens is 5. The van der Waals surface area contributed by atoms with Crippen LogP contribution in [0.3, 0.4) is 0 Å². The standard InChI is InChI=1S/C27H31N9O/c1-5-17(2)36-25-24(23(15-28)33-36)31-27(35-12-10-34(11-13-35)19(4)37)32-26(25)30-18(3)21-14-20-8-6-7-9-22(20)29-16-21/h6-9,14,16-18H,5,10-13H2,1-4H3,(H,30,31,32)/t17?,18-/m1/s1. The van der Waals surface area contributed by atoms with E-state index in [1.165, 1.54) is 0 Å². The number of para-hydroxylation sites is 1. The molecule has 10 heteroatoms. The summed E-state index contributed by atoms with van der Waals surface area (Å²) in [7, 11) is 0. The smallest absolute Gasteiger partial charge is 0.228 e. The Morgan fingerprint density at radius 2 is 1.92 bits per heavy atom. The van der Waals surface area contributed by atoms with E-state index in [2.05, 4.69) is 59.3 Å². The van der Waals surface area contributed by atoms with E-state index >= 15 is 0 Å². The van der Waals surface area contributed by atoms with Gasteiger partial charge >= 0.3 is 0 Å². The molecule has 2 atom stereocenters. The van der Waals surface area contributed by atoms with Crippen molar-refractivity contribution in [2.45, 2.75) is 46.2 Å². The van der Waals surface area contributed by atoms with Gasteiger partial charge in [0.05, 0.1) is 11.6 Å². The Morgan fingerprint density at radius 1 is 1.16 bits per heavy atom. The molecule has 0 saturated carbocycles. The quantitative estimate of drug-likeness (QED) is 0.424. The summed E-state index contributed by atoms with van der Waals surface area (Å²) in [5, 5.41) is 19.1. The van der Waals surface area contributed by atoms with E-state index in [0.29, 0.717) is 43.5 Å². The molecule has 5 rings (SSSR count). The molecule has 1 amide bonds. The molecule has 10 nitrogen and oxygen atoms in total. The number of hydrogen-bond donors (Lipinski definition) is 1. The number of nitrogens with zero attached hydrogens (tertiary/aromatic N) is 8. The maximum absolute atomic E-state index is 11.8. The maximum atomic E-state index is 11.8. The lowest BCUT2D eigenvalue weighted by molar-refractivity contribution is -0.129. The fourth-order valence-corrected chi connectivity index (χ4v) is 4.67. The number of benzene rings is 1. The van der Waals surface area contributed by atoms with Crippen molar-refractivity contribution in [3.8, 4) is 6.07 Å². The Hall–Kier alpha value is -4.26. The molecule has 1 aromatic carbocycles. The van der Waals surface area contributed by atoms with Crippen LogP contribution in [0.15, 0.2) is 36.5 Å². The van der Waals surface area contributed by atoms with Crippen molar-refractivity contribution in [3.63, 3.8) is 0 Å². The number of anilines is 2. The monoisotopic (exact) mass is 497 g/mol. The van der Waals surface area contributed by atoms with Gasteiger partial charge in [-0.1, -0.05) is 25.1 Å². The molecule has 1 fully saturated rings. The lowest BCUT2D eigenvalue weighted by Crippen LogP contribution is -2.48. The van der Waals surface area contributed by atoms with Gasteiger partial charge in [0.2, 0.25) is 11.9 Å². The van der Waals surface area contributed by atoms with Gasteiger partial charge in [-0.15, -0.1) is 0 Å². The molecule has 0 bridgehead atoms. The molecule has 190 valence electrons. The van der Waals surface area contributed by atoms with Gasteiger partial charge in [0.1, 0.15) is 17.1 Å². The molecule has 1 N–H and O–H groups in total. The van der Waals surface area contributed by atoms with E-state index in [1.807, 2.05) is 34.0 Å². The summed E-state index contributed by atoms with van der Waals surface area (Å²) in [6.45, 7) is 10.3. The first-order chi connectivity index (χ1) is 17.9. The zero-order chi connectivity index (χ0) is 26.1. The summed E-state index contributed by atoms with van der Waals surface area (Å²) in [6, 6.07) is 12.3. The van der Waals surface area contributed by atoms with Crippen molar-refractivity contribution < 1.29 is 4.79 Å². The number of carbonyl (C=O) groups is 1. The summed E-state index contributed by atoms with van der Waals surface area (Å²) in [6.07, 6.45) is 2.73. The molecule has 1 saturated heterocycles. The molecule has 0 spiro atoms. The number of pyridine rings is 1. The number of rotatable bonds is 6. The molecule has 3 aromatic heterocycles. The molecular weight excluding hydrogens is 466 g/mol. The Bertz CT molecular complexity index is 1500. The van der Waals surface area contributed by atoms with E-state index in [4.69, 9.17) is 9.97 Å². The number of amides is 1. The third kappa shape index (κ3) is 4.65. The zero-order valence-electron chi connectivity index (χ0n) is 21.6. The molecule has 0 radical (unpaired) electrons. The minimum absolute atomic E-state index is 0.0661. The number of fused-ring (bicyclic) bond motifs is 2. The van der Waals surface area contributed by atoms with Gasteiger partial charge in [-0.3, -0.25) is 14.5 Å². The molecular formula is C27H31N9O. The van der Waals surface area contributed by atoms with Gasteiger partial charge in [0.15, 0.2) is 11.5 Å². The normalized spacial score (nSPS) is 15.5. The number of nitrogens with one attached hydrogen (secondary N) is 1. The lowest BCUT2D eigenvalue weighted by Gasteiger charge is -2.34. The van der Waals surface area contributed by atoms with Crippen molar-refractivity contribution >= 4 is 39.6 Å². The van der Waals surface area contributed by atoms with Crippen LogP contribution in [0.5, 0.6) is 0 Å². The van der Waals surface area contributed by atoms with E-state index < -0.39 is 0 Å². The second kappa shape index (κ2) is 10.0. The van der Waals surface area contributed by atoms with Crippen LogP contribution in [0.1, 0.15) is 57.5 Å². The van der Waals surface area contributed by atoms with Crippen molar-refractivity contribution in [1.29, 1.82) is 5.26 Å². The highest BCUT2D eigenvalue weighted by Gasteiger charge is 2.26. The van der Waals surface area contributed by atoms with Crippen molar-refractivity contribution in [3.05, 3.63) is 47.8 Å². The first-order valence-corrected chi connectivity index (χ1v) is 12.7. The van der Waals surface area contributed by atoms with Gasteiger partial charge in [-0.2, -0.15) is 15.3 Å². The highest BCUT2D eigenvalue weighted by atomic mass is 16.2. The van der Waals surface area contributed by atoms with E-state index in [0.717, 1.165) is 28.4 Å². The SMILES string of the molecule is CCC(C)n1nc(C#N)c2nc(N3CCN(C(C)=O)CC3)nc(N[C@H](C)c3cnc4ccccc4c3)c21. The maximum Gasteiger partial charge on any atom is 0.228 e. The average Bonchev–Trinajstić information content (AvgIpc) is 3.31. The molecule has 37 heavy (non-hydrogen) atoms. The molecule has 1 aliphatic rings. The summed E-state index contributed by atoms with van der Waals surface area (Å²) in [5.74, 6) is 1.23. The Balaban J connectivity index is 1.57. The van der Waals surface area contributed by atoms with Crippen LogP contribution in [0, 0.1) is 11.3 Å². The Morgan fingerprint density at radius 3 is 2.62 bits per heavy atom. The number of nitriles is 1. The van der Waals surface area contributed by atoms with Gasteiger partial charge in [0, 0.05) is 50.7 Å². The molecule has 4 aromatic rings. The van der Waals surface area contributed by atoms with Crippen molar-refractivity contribution in [2.24, 2.45) is 0 Å². The summed E-state index contributed by atoms with van der Waals surface area (Å²) in [5.41, 5.74) is 3.51. The predicted molar refractivity (Wildman–Crippen MR) is 143 cm³/mol. The second-order valence-electron chi connectivity index (χ2n) is 9.55. The minimum Gasteiger partial charge on any atom is -0.362 e. The average molecular weight is 498 g/mol. The predicted octanol–water partition coefficient (Wildman–Crippen LogP) is 4.06. The Kier molecular flexibility index (Phi) is 6.61. The number of piperazine rings is 1. The number of hydrogen-bond acceptors (Lipinski definition) is 8. The molecule has 4 heterocycles. The third-order valence-corrected chi connectivity index (χ3v) is 7.12. The van der Waals surface area contributed by atoms with Crippen LogP contribution in [0.2, 0.25) is 0 Å². The van der Waals surface area contributed by atoms with Crippen LogP contribution in [0.25, 0.3) is 21.9 Å². The highest BCUT2D eigenvalue weighted by Crippen LogP contribution is 2.32. The van der Waals surface area contributed by atoms with Gasteiger partial charge in [-0.05, 0) is 38.0 Å². The van der Waals surface area contributed by atoms with E-state index in [1.54, 1.807) is 6.92 Å². The van der Waals surface area contributed by atoms with Crippen LogP contribution < -0.4 is 10.2 Å². The third-order valence-electron chi connectivity index (χ3n) is 7.12. The van der Waals surface area contributed by atoms with Crippen molar-refractivity contribution in [1.82, 2.24) is 29.6 Å². The van der Waals surface area contributed by atoms with Crippen LogP contribution >= 0.6 is 0 Å². The Labute approximate surface area is 215 Å². The summed E-state index contributed by atoms with van der Waals surface area (Å²) < 4.78 is 1.86. The first-order valence-electron chi connectivity index (χ1n) is 12.7. The van der Waals surface area contributed by atoms with E-state index in [9.17, 15) is 10.1 Å². The zero-order valence-corrected chi connectivity index (χ0v) is 21.6. The highest BCUT2D eigenvalue weighted by molar-refractivity contribution is 5.91. The molecule has 1 aliphatic heterocycles. The van der Waals surface area contributed by atoms with Gasteiger partial charge in [0.25, 0.3) is 0 Å². The van der Waals surface area contributed by atoms with Crippen LogP contribution in [0.4, 0.5) is 11.8 Å². The topological polar surface area (TPSA) is 116 Å².